The first-order valence-corrected chi connectivity index (χ1v) is 7.99. The Kier molecular flexibility index (Phi) is 5.39. The van der Waals surface area contributed by atoms with Crippen molar-refractivity contribution in [3.05, 3.63) is 50.7 Å². The van der Waals surface area contributed by atoms with E-state index in [2.05, 4.69) is 11.4 Å². The SMILES string of the molecule is Cc1cc(C)c(NC(=O)CN(C)Cc2cccs2)c(Cl)c1. The maximum atomic E-state index is 12.1. The molecule has 1 amide bonds. The first-order valence-electron chi connectivity index (χ1n) is 6.73. The molecule has 1 aromatic carbocycles. The number of benzene rings is 1. The van der Waals surface area contributed by atoms with Crippen molar-refractivity contribution in [3.8, 4) is 0 Å². The van der Waals surface area contributed by atoms with Gasteiger partial charge in [-0.3, -0.25) is 9.69 Å². The average Bonchev–Trinajstić information content (AvgIpc) is 2.86. The molecule has 0 spiro atoms. The summed E-state index contributed by atoms with van der Waals surface area (Å²) in [6, 6.07) is 7.96. The molecule has 0 unspecified atom stereocenters. The topological polar surface area (TPSA) is 32.3 Å². The third-order valence-corrected chi connectivity index (χ3v) is 4.27. The summed E-state index contributed by atoms with van der Waals surface area (Å²) in [7, 11) is 1.93. The Morgan fingerprint density at radius 3 is 2.76 bits per heavy atom. The predicted octanol–water partition coefficient (Wildman–Crippen LogP) is 4.09. The zero-order valence-corrected chi connectivity index (χ0v) is 14.0. The fraction of sp³-hybridized carbons (Fsp3) is 0.312. The van der Waals surface area contributed by atoms with Crippen molar-refractivity contribution in [2.24, 2.45) is 0 Å². The molecular formula is C16H19ClN2OS. The Bertz CT molecular complexity index is 602. The zero-order valence-electron chi connectivity index (χ0n) is 12.4. The standard InChI is InChI=1S/C16H19ClN2OS/c1-11-7-12(2)16(14(17)8-11)18-15(20)10-19(3)9-13-5-4-6-21-13/h4-8H,9-10H2,1-3H3,(H,18,20). The zero-order chi connectivity index (χ0) is 15.4. The molecule has 5 heteroatoms. The summed E-state index contributed by atoms with van der Waals surface area (Å²) in [6.45, 7) is 5.04. The molecule has 2 rings (SSSR count). The molecule has 3 nitrogen and oxygen atoms in total. The first kappa shape index (κ1) is 16.0. The second-order valence-corrected chi connectivity index (χ2v) is 6.68. The van der Waals surface area contributed by atoms with Crippen molar-refractivity contribution >= 4 is 34.5 Å². The smallest absolute Gasteiger partial charge is 0.238 e. The number of hydrogen-bond donors (Lipinski definition) is 1. The van der Waals surface area contributed by atoms with E-state index < -0.39 is 0 Å². The quantitative estimate of drug-likeness (QED) is 0.899. The highest BCUT2D eigenvalue weighted by Crippen LogP contribution is 2.27. The van der Waals surface area contributed by atoms with Gasteiger partial charge in [0.2, 0.25) is 5.91 Å². The van der Waals surface area contributed by atoms with E-state index in [-0.39, 0.29) is 5.91 Å². The van der Waals surface area contributed by atoms with Gasteiger partial charge in [0.05, 0.1) is 17.3 Å². The van der Waals surface area contributed by atoms with Gasteiger partial charge >= 0.3 is 0 Å². The summed E-state index contributed by atoms with van der Waals surface area (Å²) < 4.78 is 0. The highest BCUT2D eigenvalue weighted by Gasteiger charge is 2.12. The molecule has 0 bridgehead atoms. The molecule has 112 valence electrons. The molecule has 1 aromatic heterocycles. The second kappa shape index (κ2) is 7.07. The molecule has 0 saturated carbocycles. The van der Waals surface area contributed by atoms with Gasteiger partial charge in [-0.05, 0) is 49.5 Å². The summed E-state index contributed by atoms with van der Waals surface area (Å²) in [5.41, 5.74) is 2.77. The highest BCUT2D eigenvalue weighted by molar-refractivity contribution is 7.09. The highest BCUT2D eigenvalue weighted by atomic mass is 35.5. The van der Waals surface area contributed by atoms with Gasteiger partial charge in [0, 0.05) is 11.4 Å². The van der Waals surface area contributed by atoms with Crippen LogP contribution >= 0.6 is 22.9 Å². The number of thiophene rings is 1. The van der Waals surface area contributed by atoms with Gasteiger partial charge in [-0.25, -0.2) is 0 Å². The van der Waals surface area contributed by atoms with E-state index in [1.807, 2.05) is 49.4 Å². The number of nitrogens with one attached hydrogen (secondary N) is 1. The number of amides is 1. The number of carbonyl (C=O) groups excluding carboxylic acids is 1. The van der Waals surface area contributed by atoms with Gasteiger partial charge in [0.15, 0.2) is 0 Å². The van der Waals surface area contributed by atoms with E-state index in [1.165, 1.54) is 4.88 Å². The van der Waals surface area contributed by atoms with Crippen LogP contribution < -0.4 is 5.32 Å². The fourth-order valence-electron chi connectivity index (χ4n) is 2.22. The van der Waals surface area contributed by atoms with Crippen LogP contribution in [-0.4, -0.2) is 24.4 Å². The Morgan fingerprint density at radius 2 is 2.14 bits per heavy atom. The molecule has 2 aromatic rings. The van der Waals surface area contributed by atoms with Gasteiger partial charge in [0.1, 0.15) is 0 Å². The number of rotatable bonds is 5. The van der Waals surface area contributed by atoms with Crippen LogP contribution in [0.15, 0.2) is 29.6 Å². The number of hydrogen-bond acceptors (Lipinski definition) is 3. The van der Waals surface area contributed by atoms with Crippen molar-refractivity contribution < 1.29 is 4.79 Å². The summed E-state index contributed by atoms with van der Waals surface area (Å²) in [5.74, 6) is -0.0529. The number of nitrogens with zero attached hydrogens (tertiary/aromatic N) is 1. The molecule has 1 N–H and O–H groups in total. The molecule has 0 fully saturated rings. The van der Waals surface area contributed by atoms with Crippen LogP contribution in [0.1, 0.15) is 16.0 Å². The third-order valence-electron chi connectivity index (χ3n) is 3.12. The van der Waals surface area contributed by atoms with E-state index in [1.54, 1.807) is 11.3 Å². The Morgan fingerprint density at radius 1 is 1.38 bits per heavy atom. The summed E-state index contributed by atoms with van der Waals surface area (Å²) >= 11 is 7.90. The van der Waals surface area contributed by atoms with Crippen LogP contribution in [0, 0.1) is 13.8 Å². The number of carbonyl (C=O) groups is 1. The molecule has 1 heterocycles. The lowest BCUT2D eigenvalue weighted by molar-refractivity contribution is -0.117. The van der Waals surface area contributed by atoms with Gasteiger partial charge in [-0.2, -0.15) is 0 Å². The lowest BCUT2D eigenvalue weighted by atomic mass is 10.1. The average molecular weight is 323 g/mol. The van der Waals surface area contributed by atoms with Crippen LogP contribution in [0.3, 0.4) is 0 Å². The van der Waals surface area contributed by atoms with Gasteiger partial charge < -0.3 is 5.32 Å². The number of halogens is 1. The van der Waals surface area contributed by atoms with Crippen molar-refractivity contribution in [2.45, 2.75) is 20.4 Å². The minimum Gasteiger partial charge on any atom is -0.323 e. The largest absolute Gasteiger partial charge is 0.323 e. The third kappa shape index (κ3) is 4.56. The summed E-state index contributed by atoms with van der Waals surface area (Å²) in [4.78, 5) is 15.4. The normalized spacial score (nSPS) is 10.9. The monoisotopic (exact) mass is 322 g/mol. The Balaban J connectivity index is 1.95. The van der Waals surface area contributed by atoms with Crippen molar-refractivity contribution in [3.63, 3.8) is 0 Å². The van der Waals surface area contributed by atoms with E-state index >= 15 is 0 Å². The predicted molar refractivity (Wildman–Crippen MR) is 90.2 cm³/mol. The van der Waals surface area contributed by atoms with Gasteiger partial charge in [-0.15, -0.1) is 11.3 Å². The lowest BCUT2D eigenvalue weighted by Crippen LogP contribution is -2.29. The molecular weight excluding hydrogens is 304 g/mol. The van der Waals surface area contributed by atoms with Crippen molar-refractivity contribution in [1.29, 1.82) is 0 Å². The lowest BCUT2D eigenvalue weighted by Gasteiger charge is -2.17. The number of anilines is 1. The van der Waals surface area contributed by atoms with Crippen LogP contribution in [0.5, 0.6) is 0 Å². The van der Waals surface area contributed by atoms with Crippen LogP contribution in [0.2, 0.25) is 5.02 Å². The van der Waals surface area contributed by atoms with E-state index in [9.17, 15) is 4.79 Å². The minimum absolute atomic E-state index is 0.0529. The number of likely N-dealkylation sites (N-methyl/N-ethyl adjacent to an activating group) is 1. The second-order valence-electron chi connectivity index (χ2n) is 5.24. The van der Waals surface area contributed by atoms with Crippen LogP contribution in [0.4, 0.5) is 5.69 Å². The van der Waals surface area contributed by atoms with E-state index in [0.29, 0.717) is 17.3 Å². The van der Waals surface area contributed by atoms with Gasteiger partial charge in [-0.1, -0.05) is 23.7 Å². The van der Waals surface area contributed by atoms with Crippen LogP contribution in [0.25, 0.3) is 0 Å². The van der Waals surface area contributed by atoms with Crippen molar-refractivity contribution in [2.75, 3.05) is 18.9 Å². The molecule has 0 atom stereocenters. The summed E-state index contributed by atoms with van der Waals surface area (Å²) in [5, 5.41) is 5.53. The molecule has 0 aliphatic carbocycles. The van der Waals surface area contributed by atoms with Crippen LogP contribution in [-0.2, 0) is 11.3 Å². The van der Waals surface area contributed by atoms with Crippen molar-refractivity contribution in [1.82, 2.24) is 4.90 Å². The summed E-state index contributed by atoms with van der Waals surface area (Å²) in [6.07, 6.45) is 0. The Labute approximate surface area is 134 Å². The van der Waals surface area contributed by atoms with Gasteiger partial charge in [0.25, 0.3) is 0 Å². The fourth-order valence-corrected chi connectivity index (χ4v) is 3.38. The van der Waals surface area contributed by atoms with E-state index in [4.69, 9.17) is 11.6 Å². The Hall–Kier alpha value is -1.36. The molecule has 21 heavy (non-hydrogen) atoms. The minimum atomic E-state index is -0.0529. The van der Waals surface area contributed by atoms with E-state index in [0.717, 1.165) is 17.7 Å². The molecule has 0 aliphatic heterocycles. The molecule has 0 aliphatic rings. The molecule has 0 saturated heterocycles. The maximum Gasteiger partial charge on any atom is 0.238 e. The number of aryl methyl sites for hydroxylation is 2. The molecule has 0 radical (unpaired) electrons. The first-order chi connectivity index (χ1) is 9.95. The maximum absolute atomic E-state index is 12.1.